The predicted molar refractivity (Wildman–Crippen MR) is 93.6 cm³/mol. The number of carbonyl (C=O) groups is 3. The van der Waals surface area contributed by atoms with Crippen molar-refractivity contribution in [3.05, 3.63) is 30.3 Å². The van der Waals surface area contributed by atoms with Gasteiger partial charge in [0.2, 0.25) is 11.8 Å². The molecule has 1 aromatic rings. The number of carbonyl (C=O) groups excluding carboxylic acids is 3. The second kappa shape index (κ2) is 10.5. The number of nitrogens with one attached hydrogen (secondary N) is 3. The van der Waals surface area contributed by atoms with E-state index < -0.39 is 36.0 Å². The maximum absolute atomic E-state index is 12.5. The first kappa shape index (κ1) is 22.4. The first-order valence-electron chi connectivity index (χ1n) is 8.39. The lowest BCUT2D eigenvalue weighted by Gasteiger charge is -2.21. The number of rotatable bonds is 9. The van der Waals surface area contributed by atoms with Crippen molar-refractivity contribution in [3.8, 4) is 0 Å². The normalized spacial score (nSPS) is 13.4. The zero-order valence-electron chi connectivity index (χ0n) is 14.8. The second-order valence-corrected chi connectivity index (χ2v) is 5.89. The molecular weight excluding hydrogens is 365 g/mol. The van der Waals surface area contributed by atoms with Crippen LogP contribution < -0.4 is 21.7 Å². The summed E-state index contributed by atoms with van der Waals surface area (Å²) in [5.74, 6) is -3.63. The Bertz CT molecular complexity index is 638. The predicted octanol–water partition coefficient (Wildman–Crippen LogP) is 1.31. The van der Waals surface area contributed by atoms with E-state index in [-0.39, 0.29) is 6.42 Å². The Labute approximate surface area is 154 Å². The highest BCUT2D eigenvalue weighted by atomic mass is 19.4. The average Bonchev–Trinajstić information content (AvgIpc) is 2.60. The number of halogens is 3. The summed E-state index contributed by atoms with van der Waals surface area (Å²) in [6.45, 7) is 1.69. The first-order chi connectivity index (χ1) is 12.6. The third kappa shape index (κ3) is 8.07. The summed E-state index contributed by atoms with van der Waals surface area (Å²) < 4.78 is 37.4. The Kier molecular flexibility index (Phi) is 8.73. The van der Waals surface area contributed by atoms with Gasteiger partial charge in [-0.2, -0.15) is 13.2 Å². The molecule has 0 aliphatic carbocycles. The minimum Gasteiger partial charge on any atom is -0.343 e. The Hall–Kier alpha value is -2.62. The molecule has 1 rings (SSSR count). The van der Waals surface area contributed by atoms with Crippen LogP contribution in [0.5, 0.6) is 0 Å². The highest BCUT2D eigenvalue weighted by Crippen LogP contribution is 2.15. The number of alkyl halides is 3. The van der Waals surface area contributed by atoms with Gasteiger partial charge in [0, 0.05) is 5.69 Å². The third-order valence-electron chi connectivity index (χ3n) is 3.62. The molecule has 0 spiro atoms. The molecule has 0 saturated heterocycles. The molecule has 0 heterocycles. The number of hydrogen-bond donors (Lipinski definition) is 4. The van der Waals surface area contributed by atoms with Crippen molar-refractivity contribution in [3.63, 3.8) is 0 Å². The molecule has 5 N–H and O–H groups in total. The van der Waals surface area contributed by atoms with Crippen molar-refractivity contribution in [1.82, 2.24) is 10.6 Å². The minimum atomic E-state index is -5.11. The molecule has 0 saturated carbocycles. The zero-order valence-corrected chi connectivity index (χ0v) is 14.8. The van der Waals surface area contributed by atoms with Crippen LogP contribution in [0.3, 0.4) is 0 Å². The van der Waals surface area contributed by atoms with Crippen LogP contribution in [-0.2, 0) is 14.4 Å². The zero-order chi connectivity index (χ0) is 20.4. The number of amides is 3. The average molecular weight is 388 g/mol. The van der Waals surface area contributed by atoms with Crippen LogP contribution in [0, 0.1) is 0 Å². The molecule has 1 aromatic carbocycles. The number of benzene rings is 1. The van der Waals surface area contributed by atoms with Gasteiger partial charge in [-0.3, -0.25) is 14.4 Å². The van der Waals surface area contributed by atoms with E-state index in [9.17, 15) is 27.6 Å². The topological polar surface area (TPSA) is 113 Å². The molecular formula is C17H23F3N4O3. The van der Waals surface area contributed by atoms with E-state index in [0.717, 1.165) is 0 Å². The van der Waals surface area contributed by atoms with E-state index in [2.05, 4.69) is 10.6 Å². The molecule has 2 atom stereocenters. The maximum Gasteiger partial charge on any atom is 0.471 e. The number of anilines is 1. The molecule has 2 unspecified atom stereocenters. The van der Waals surface area contributed by atoms with Crippen LogP contribution in [0.25, 0.3) is 0 Å². The summed E-state index contributed by atoms with van der Waals surface area (Å²) in [7, 11) is 0. The Morgan fingerprint density at radius 1 is 1.04 bits per heavy atom. The Morgan fingerprint density at radius 2 is 1.67 bits per heavy atom. The molecule has 3 amide bonds. The van der Waals surface area contributed by atoms with Gasteiger partial charge in [-0.1, -0.05) is 18.2 Å². The molecule has 10 heteroatoms. The number of para-hydroxylation sites is 1. The summed E-state index contributed by atoms with van der Waals surface area (Å²) in [6.07, 6.45) is -4.31. The fourth-order valence-corrected chi connectivity index (χ4v) is 2.15. The number of hydrogen-bond acceptors (Lipinski definition) is 4. The molecule has 0 aliphatic rings. The first-order valence-corrected chi connectivity index (χ1v) is 8.39. The lowest BCUT2D eigenvalue weighted by molar-refractivity contribution is -0.174. The molecule has 0 radical (unpaired) electrons. The van der Waals surface area contributed by atoms with Crippen LogP contribution in [0.15, 0.2) is 30.3 Å². The number of unbranched alkanes of at least 4 members (excludes halogenated alkanes) is 1. The van der Waals surface area contributed by atoms with Crippen LogP contribution in [0.4, 0.5) is 18.9 Å². The van der Waals surface area contributed by atoms with Crippen molar-refractivity contribution in [2.75, 3.05) is 11.9 Å². The molecule has 0 aliphatic heterocycles. The Morgan fingerprint density at radius 3 is 2.22 bits per heavy atom. The van der Waals surface area contributed by atoms with Gasteiger partial charge >= 0.3 is 12.1 Å². The van der Waals surface area contributed by atoms with E-state index >= 15 is 0 Å². The molecule has 0 aromatic heterocycles. The van der Waals surface area contributed by atoms with Crippen LogP contribution in [0.2, 0.25) is 0 Å². The van der Waals surface area contributed by atoms with Crippen LogP contribution in [-0.4, -0.2) is 42.5 Å². The van der Waals surface area contributed by atoms with Gasteiger partial charge in [0.05, 0.1) is 0 Å². The molecule has 150 valence electrons. The van der Waals surface area contributed by atoms with E-state index in [4.69, 9.17) is 5.73 Å². The van der Waals surface area contributed by atoms with E-state index in [1.807, 2.05) is 0 Å². The van der Waals surface area contributed by atoms with Gasteiger partial charge < -0.3 is 21.7 Å². The SMILES string of the molecule is CC(NC(=O)C(CCCCN)NC(=O)C(F)(F)F)C(=O)Nc1ccccc1. The van der Waals surface area contributed by atoms with Crippen molar-refractivity contribution in [2.45, 2.75) is 44.4 Å². The van der Waals surface area contributed by atoms with Gasteiger partial charge in [0.15, 0.2) is 0 Å². The molecule has 0 fully saturated rings. The summed E-state index contributed by atoms with van der Waals surface area (Å²) in [4.78, 5) is 35.5. The van der Waals surface area contributed by atoms with Crippen LogP contribution >= 0.6 is 0 Å². The maximum atomic E-state index is 12.5. The molecule has 27 heavy (non-hydrogen) atoms. The highest BCUT2D eigenvalue weighted by Gasteiger charge is 2.40. The minimum absolute atomic E-state index is 0.0299. The number of nitrogens with two attached hydrogens (primary N) is 1. The lowest BCUT2D eigenvalue weighted by Crippen LogP contribution is -2.53. The van der Waals surface area contributed by atoms with Gasteiger partial charge in [0.1, 0.15) is 12.1 Å². The lowest BCUT2D eigenvalue weighted by atomic mass is 10.1. The monoisotopic (exact) mass is 388 g/mol. The van der Waals surface area contributed by atoms with E-state index in [1.54, 1.807) is 35.6 Å². The summed E-state index contributed by atoms with van der Waals surface area (Å²) in [6, 6.07) is 6.03. The smallest absolute Gasteiger partial charge is 0.343 e. The standard InChI is InChI=1S/C17H23F3N4O3/c1-11(14(25)23-12-7-3-2-4-8-12)22-15(26)13(9-5-6-10-21)24-16(27)17(18,19)20/h2-4,7-8,11,13H,5-6,9-10,21H2,1H3,(H,22,26)(H,23,25)(H,24,27). The van der Waals surface area contributed by atoms with Gasteiger partial charge in [-0.15, -0.1) is 0 Å². The molecule has 0 bridgehead atoms. The Balaban J connectivity index is 2.69. The van der Waals surface area contributed by atoms with Gasteiger partial charge in [-0.05, 0) is 44.9 Å². The largest absolute Gasteiger partial charge is 0.471 e. The van der Waals surface area contributed by atoms with Crippen molar-refractivity contribution >= 4 is 23.4 Å². The van der Waals surface area contributed by atoms with Crippen LogP contribution in [0.1, 0.15) is 26.2 Å². The van der Waals surface area contributed by atoms with Crippen molar-refractivity contribution < 1.29 is 27.6 Å². The fraction of sp³-hybridized carbons (Fsp3) is 0.471. The second-order valence-electron chi connectivity index (χ2n) is 5.89. The highest BCUT2D eigenvalue weighted by molar-refractivity contribution is 5.98. The van der Waals surface area contributed by atoms with Crippen molar-refractivity contribution in [1.29, 1.82) is 0 Å². The molecule has 7 nitrogen and oxygen atoms in total. The summed E-state index contributed by atoms with van der Waals surface area (Å²) in [5.41, 5.74) is 5.84. The summed E-state index contributed by atoms with van der Waals surface area (Å²) in [5, 5.41) is 6.55. The van der Waals surface area contributed by atoms with E-state index in [0.29, 0.717) is 25.1 Å². The van der Waals surface area contributed by atoms with Crippen molar-refractivity contribution in [2.24, 2.45) is 5.73 Å². The van der Waals surface area contributed by atoms with E-state index in [1.165, 1.54) is 6.92 Å². The quantitative estimate of drug-likeness (QED) is 0.478. The van der Waals surface area contributed by atoms with Gasteiger partial charge in [-0.25, -0.2) is 0 Å². The third-order valence-corrected chi connectivity index (χ3v) is 3.62. The van der Waals surface area contributed by atoms with Gasteiger partial charge in [0.25, 0.3) is 0 Å². The summed E-state index contributed by atoms with van der Waals surface area (Å²) >= 11 is 0. The fourth-order valence-electron chi connectivity index (χ4n) is 2.15.